The fourth-order valence-electron chi connectivity index (χ4n) is 1.54. The van der Waals surface area contributed by atoms with E-state index in [0.717, 1.165) is 11.3 Å². The minimum Gasteiger partial charge on any atom is -0.504 e. The molecule has 2 rings (SSSR count). The summed E-state index contributed by atoms with van der Waals surface area (Å²) in [6.07, 6.45) is 3.45. The SMILES string of the molecule is COc1cccc(CNc2cccnc2)c1O. The number of phenols is 1. The molecule has 4 heteroatoms. The Morgan fingerprint density at radius 1 is 1.29 bits per heavy atom. The summed E-state index contributed by atoms with van der Waals surface area (Å²) >= 11 is 0. The summed E-state index contributed by atoms with van der Waals surface area (Å²) in [5, 5.41) is 13.1. The molecule has 0 unspecified atom stereocenters. The third-order valence-corrected chi connectivity index (χ3v) is 2.45. The quantitative estimate of drug-likeness (QED) is 0.846. The number of ether oxygens (including phenoxy) is 1. The van der Waals surface area contributed by atoms with Crippen molar-refractivity contribution in [2.75, 3.05) is 12.4 Å². The van der Waals surface area contributed by atoms with E-state index in [1.807, 2.05) is 24.3 Å². The standard InChI is InChI=1S/C13H14N2O2/c1-17-12-6-2-4-10(13(12)16)8-15-11-5-3-7-14-9-11/h2-7,9,15-16H,8H2,1H3. The van der Waals surface area contributed by atoms with Gasteiger partial charge in [-0.3, -0.25) is 4.98 Å². The predicted octanol–water partition coefficient (Wildman–Crippen LogP) is 2.41. The third kappa shape index (κ3) is 2.66. The fraction of sp³-hybridized carbons (Fsp3) is 0.154. The zero-order valence-corrected chi connectivity index (χ0v) is 9.55. The Morgan fingerprint density at radius 2 is 2.18 bits per heavy atom. The van der Waals surface area contributed by atoms with E-state index in [4.69, 9.17) is 4.74 Å². The van der Waals surface area contributed by atoms with E-state index in [2.05, 4.69) is 10.3 Å². The number of phenolic OH excluding ortho intramolecular Hbond substituents is 1. The lowest BCUT2D eigenvalue weighted by atomic mass is 10.2. The Kier molecular flexibility index (Phi) is 3.45. The minimum absolute atomic E-state index is 0.173. The van der Waals surface area contributed by atoms with Crippen LogP contribution in [-0.2, 0) is 6.54 Å². The number of anilines is 1. The highest BCUT2D eigenvalue weighted by Crippen LogP contribution is 2.29. The number of nitrogens with zero attached hydrogens (tertiary/aromatic N) is 1. The lowest BCUT2D eigenvalue weighted by Gasteiger charge is -2.10. The van der Waals surface area contributed by atoms with Gasteiger partial charge in [0.2, 0.25) is 0 Å². The highest BCUT2D eigenvalue weighted by molar-refractivity contribution is 5.48. The smallest absolute Gasteiger partial charge is 0.162 e. The molecule has 0 saturated carbocycles. The summed E-state index contributed by atoms with van der Waals surface area (Å²) in [6.45, 7) is 0.523. The van der Waals surface area contributed by atoms with Crippen molar-refractivity contribution >= 4 is 5.69 Å². The first-order chi connectivity index (χ1) is 8.31. The largest absolute Gasteiger partial charge is 0.504 e. The van der Waals surface area contributed by atoms with Gasteiger partial charge < -0.3 is 15.2 Å². The van der Waals surface area contributed by atoms with Gasteiger partial charge in [-0.05, 0) is 18.2 Å². The van der Waals surface area contributed by atoms with Gasteiger partial charge in [-0.1, -0.05) is 12.1 Å². The molecule has 4 nitrogen and oxygen atoms in total. The Hall–Kier alpha value is -2.23. The molecule has 1 aromatic carbocycles. The van der Waals surface area contributed by atoms with E-state index in [1.54, 1.807) is 18.5 Å². The summed E-state index contributed by atoms with van der Waals surface area (Å²) in [5.74, 6) is 0.655. The molecule has 0 spiro atoms. The first kappa shape index (κ1) is 11.3. The Bertz CT molecular complexity index is 486. The van der Waals surface area contributed by atoms with Crippen LogP contribution in [-0.4, -0.2) is 17.2 Å². The number of hydrogen-bond donors (Lipinski definition) is 2. The van der Waals surface area contributed by atoms with E-state index in [0.29, 0.717) is 12.3 Å². The van der Waals surface area contributed by atoms with Gasteiger partial charge in [0.05, 0.1) is 12.8 Å². The number of methoxy groups -OCH3 is 1. The van der Waals surface area contributed by atoms with Crippen LogP contribution in [0.2, 0.25) is 0 Å². The van der Waals surface area contributed by atoms with Gasteiger partial charge in [-0.15, -0.1) is 0 Å². The molecule has 0 aliphatic heterocycles. The predicted molar refractivity (Wildman–Crippen MR) is 66.2 cm³/mol. The molecule has 0 amide bonds. The highest BCUT2D eigenvalue weighted by Gasteiger charge is 2.06. The number of pyridine rings is 1. The Balaban J connectivity index is 2.09. The van der Waals surface area contributed by atoms with Gasteiger partial charge in [0.15, 0.2) is 11.5 Å². The molecule has 0 fully saturated rings. The zero-order chi connectivity index (χ0) is 12.1. The second kappa shape index (κ2) is 5.21. The lowest BCUT2D eigenvalue weighted by molar-refractivity contribution is 0.371. The number of aromatic nitrogens is 1. The number of hydrogen-bond acceptors (Lipinski definition) is 4. The van der Waals surface area contributed by atoms with E-state index in [9.17, 15) is 5.11 Å². The van der Waals surface area contributed by atoms with Crippen LogP contribution in [0.4, 0.5) is 5.69 Å². The zero-order valence-electron chi connectivity index (χ0n) is 9.55. The maximum Gasteiger partial charge on any atom is 0.162 e. The maximum atomic E-state index is 9.89. The third-order valence-electron chi connectivity index (χ3n) is 2.45. The van der Waals surface area contributed by atoms with Crippen molar-refractivity contribution in [1.29, 1.82) is 0 Å². The molecule has 2 aromatic rings. The summed E-state index contributed by atoms with van der Waals surface area (Å²) in [6, 6.07) is 9.20. The second-order valence-corrected chi connectivity index (χ2v) is 3.56. The summed E-state index contributed by atoms with van der Waals surface area (Å²) in [5.41, 5.74) is 1.70. The minimum atomic E-state index is 0.173. The molecule has 1 heterocycles. The van der Waals surface area contributed by atoms with Crippen molar-refractivity contribution in [2.45, 2.75) is 6.54 Å². The normalized spacial score (nSPS) is 9.94. The molecule has 2 N–H and O–H groups in total. The molecular formula is C13H14N2O2. The van der Waals surface area contributed by atoms with Crippen LogP contribution in [0.3, 0.4) is 0 Å². The number of aromatic hydroxyl groups is 1. The van der Waals surface area contributed by atoms with Gasteiger partial charge in [0.1, 0.15) is 0 Å². The molecule has 1 aromatic heterocycles. The number of benzene rings is 1. The van der Waals surface area contributed by atoms with Gasteiger partial charge in [-0.25, -0.2) is 0 Å². The maximum absolute atomic E-state index is 9.89. The number of rotatable bonds is 4. The van der Waals surface area contributed by atoms with Crippen LogP contribution in [0.5, 0.6) is 11.5 Å². The van der Waals surface area contributed by atoms with Gasteiger partial charge >= 0.3 is 0 Å². The first-order valence-corrected chi connectivity index (χ1v) is 5.30. The van der Waals surface area contributed by atoms with Crippen molar-refractivity contribution in [2.24, 2.45) is 0 Å². The van der Waals surface area contributed by atoms with Gasteiger partial charge in [-0.2, -0.15) is 0 Å². The van der Waals surface area contributed by atoms with Gasteiger partial charge in [0.25, 0.3) is 0 Å². The molecule has 0 radical (unpaired) electrons. The second-order valence-electron chi connectivity index (χ2n) is 3.56. The molecule has 0 aliphatic carbocycles. The molecule has 0 atom stereocenters. The van der Waals surface area contributed by atoms with Crippen molar-refractivity contribution < 1.29 is 9.84 Å². The first-order valence-electron chi connectivity index (χ1n) is 5.30. The van der Waals surface area contributed by atoms with Crippen LogP contribution >= 0.6 is 0 Å². The van der Waals surface area contributed by atoms with E-state index in [-0.39, 0.29) is 5.75 Å². The Labute approximate surface area is 99.9 Å². The van der Waals surface area contributed by atoms with Gasteiger partial charge in [0, 0.05) is 24.5 Å². The van der Waals surface area contributed by atoms with Crippen molar-refractivity contribution in [3.05, 3.63) is 48.3 Å². The van der Waals surface area contributed by atoms with Crippen LogP contribution in [0.25, 0.3) is 0 Å². The molecule has 88 valence electrons. The Morgan fingerprint density at radius 3 is 2.88 bits per heavy atom. The van der Waals surface area contributed by atoms with E-state index < -0.39 is 0 Å². The summed E-state index contributed by atoms with van der Waals surface area (Å²) in [4.78, 5) is 4.00. The highest BCUT2D eigenvalue weighted by atomic mass is 16.5. The number of nitrogens with one attached hydrogen (secondary N) is 1. The van der Waals surface area contributed by atoms with Crippen molar-refractivity contribution in [1.82, 2.24) is 4.98 Å². The van der Waals surface area contributed by atoms with E-state index >= 15 is 0 Å². The van der Waals surface area contributed by atoms with Crippen LogP contribution in [0.1, 0.15) is 5.56 Å². The van der Waals surface area contributed by atoms with Crippen molar-refractivity contribution in [3.63, 3.8) is 0 Å². The van der Waals surface area contributed by atoms with Crippen LogP contribution in [0, 0.1) is 0 Å². The lowest BCUT2D eigenvalue weighted by Crippen LogP contribution is -2.00. The molecule has 0 bridgehead atoms. The summed E-state index contributed by atoms with van der Waals surface area (Å²) in [7, 11) is 1.54. The average molecular weight is 230 g/mol. The molecular weight excluding hydrogens is 216 g/mol. The number of para-hydroxylation sites is 1. The van der Waals surface area contributed by atoms with Crippen LogP contribution < -0.4 is 10.1 Å². The fourth-order valence-corrected chi connectivity index (χ4v) is 1.54. The molecule has 0 aliphatic rings. The topological polar surface area (TPSA) is 54.4 Å². The average Bonchev–Trinajstić information content (AvgIpc) is 2.39. The monoisotopic (exact) mass is 230 g/mol. The summed E-state index contributed by atoms with van der Waals surface area (Å²) < 4.78 is 5.05. The van der Waals surface area contributed by atoms with E-state index in [1.165, 1.54) is 7.11 Å². The van der Waals surface area contributed by atoms with Crippen LogP contribution in [0.15, 0.2) is 42.7 Å². The van der Waals surface area contributed by atoms with Crippen molar-refractivity contribution in [3.8, 4) is 11.5 Å². The molecule has 17 heavy (non-hydrogen) atoms. The molecule has 0 saturated heterocycles.